The number of carbonyl (C=O) groups is 2. The van der Waals surface area contributed by atoms with Gasteiger partial charge in [-0.25, -0.2) is 4.39 Å². The van der Waals surface area contributed by atoms with Gasteiger partial charge in [0.15, 0.2) is 11.5 Å². The van der Waals surface area contributed by atoms with Crippen molar-refractivity contribution >= 4 is 17.5 Å². The third kappa shape index (κ3) is 4.69. The summed E-state index contributed by atoms with van der Waals surface area (Å²) in [6.45, 7) is 1.74. The summed E-state index contributed by atoms with van der Waals surface area (Å²) in [5.74, 6) is -0.967. The molecule has 2 aromatic carbocycles. The number of benzene rings is 2. The predicted octanol–water partition coefficient (Wildman–Crippen LogP) is 2.66. The molecule has 0 bridgehead atoms. The van der Waals surface area contributed by atoms with E-state index in [1.54, 1.807) is 25.1 Å². The molecule has 6 nitrogen and oxygen atoms in total. The highest BCUT2D eigenvalue weighted by atomic mass is 19.1. The predicted molar refractivity (Wildman–Crippen MR) is 91.1 cm³/mol. The van der Waals surface area contributed by atoms with E-state index < -0.39 is 23.7 Å². The quantitative estimate of drug-likeness (QED) is 0.816. The molecule has 0 aromatic heterocycles. The third-order valence-electron chi connectivity index (χ3n) is 3.56. The maximum atomic E-state index is 12.8. The molecule has 0 radical (unpaired) electrons. The van der Waals surface area contributed by atoms with Crippen LogP contribution in [0.3, 0.4) is 0 Å². The minimum atomic E-state index is -0.834. The second-order valence-corrected chi connectivity index (χ2v) is 5.27. The molecule has 0 saturated heterocycles. The Balaban J connectivity index is 2.01. The lowest BCUT2D eigenvalue weighted by molar-refractivity contribution is -0.136. The number of anilines is 1. The zero-order valence-electron chi connectivity index (χ0n) is 14.1. The van der Waals surface area contributed by atoms with Gasteiger partial charge in [-0.15, -0.1) is 0 Å². The van der Waals surface area contributed by atoms with Gasteiger partial charge in [0.2, 0.25) is 0 Å². The van der Waals surface area contributed by atoms with E-state index in [0.717, 1.165) is 5.56 Å². The number of hydrogen-bond acceptors (Lipinski definition) is 4. The van der Waals surface area contributed by atoms with Crippen molar-refractivity contribution in [2.75, 3.05) is 19.5 Å². The lowest BCUT2D eigenvalue weighted by Gasteiger charge is -2.16. The van der Waals surface area contributed by atoms with Crippen molar-refractivity contribution in [3.05, 3.63) is 53.8 Å². The molecule has 2 aromatic rings. The van der Waals surface area contributed by atoms with E-state index in [0.29, 0.717) is 17.2 Å². The fourth-order valence-corrected chi connectivity index (χ4v) is 2.19. The van der Waals surface area contributed by atoms with Crippen molar-refractivity contribution in [2.24, 2.45) is 0 Å². The summed E-state index contributed by atoms with van der Waals surface area (Å²) >= 11 is 0. The first-order valence-corrected chi connectivity index (χ1v) is 7.54. The van der Waals surface area contributed by atoms with Crippen LogP contribution in [0.25, 0.3) is 0 Å². The highest BCUT2D eigenvalue weighted by Crippen LogP contribution is 2.29. The fraction of sp³-hybridized carbons (Fsp3) is 0.222. The highest BCUT2D eigenvalue weighted by molar-refractivity contribution is 6.39. The Labute approximate surface area is 144 Å². The number of hydrogen-bond donors (Lipinski definition) is 2. The third-order valence-corrected chi connectivity index (χ3v) is 3.56. The molecular formula is C18H19FN2O4. The second kappa shape index (κ2) is 8.14. The lowest BCUT2D eigenvalue weighted by atomic mass is 10.1. The first kappa shape index (κ1) is 18.3. The summed E-state index contributed by atoms with van der Waals surface area (Å²) < 4.78 is 23.2. The number of ether oxygens (including phenoxy) is 2. The average Bonchev–Trinajstić information content (AvgIpc) is 2.62. The van der Waals surface area contributed by atoms with E-state index in [1.165, 1.54) is 38.5 Å². The smallest absolute Gasteiger partial charge is 0.313 e. The molecule has 0 fully saturated rings. The molecule has 2 amide bonds. The molecule has 0 spiro atoms. The van der Waals surface area contributed by atoms with Gasteiger partial charge >= 0.3 is 11.8 Å². The van der Waals surface area contributed by atoms with Gasteiger partial charge in [-0.05, 0) is 48.9 Å². The van der Waals surface area contributed by atoms with E-state index in [4.69, 9.17) is 9.47 Å². The highest BCUT2D eigenvalue weighted by Gasteiger charge is 2.18. The Kier molecular flexibility index (Phi) is 5.94. The Morgan fingerprint density at radius 3 is 2.20 bits per heavy atom. The molecule has 25 heavy (non-hydrogen) atoms. The van der Waals surface area contributed by atoms with Crippen molar-refractivity contribution in [3.63, 3.8) is 0 Å². The average molecular weight is 346 g/mol. The number of rotatable bonds is 5. The van der Waals surface area contributed by atoms with Crippen LogP contribution < -0.4 is 20.1 Å². The van der Waals surface area contributed by atoms with Gasteiger partial charge in [-0.1, -0.05) is 6.07 Å². The summed E-state index contributed by atoms with van der Waals surface area (Å²) in [6, 6.07) is 9.92. The van der Waals surface area contributed by atoms with Gasteiger partial charge in [0.05, 0.1) is 20.3 Å². The summed E-state index contributed by atoms with van der Waals surface area (Å²) in [5.41, 5.74) is 1.08. The molecule has 2 N–H and O–H groups in total. The molecule has 0 heterocycles. The Morgan fingerprint density at radius 2 is 1.60 bits per heavy atom. The van der Waals surface area contributed by atoms with Gasteiger partial charge in [0.25, 0.3) is 0 Å². The molecule has 0 aliphatic carbocycles. The first-order chi connectivity index (χ1) is 11.9. The van der Waals surface area contributed by atoms with Crippen LogP contribution in [0.15, 0.2) is 42.5 Å². The van der Waals surface area contributed by atoms with Crippen molar-refractivity contribution < 1.29 is 23.5 Å². The number of carbonyl (C=O) groups excluding carboxylic acids is 2. The Bertz CT molecular complexity index is 762. The van der Waals surface area contributed by atoms with Gasteiger partial charge in [0, 0.05) is 5.69 Å². The van der Waals surface area contributed by atoms with Gasteiger partial charge in [-0.2, -0.15) is 0 Å². The number of halogens is 1. The van der Waals surface area contributed by atoms with E-state index >= 15 is 0 Å². The summed E-state index contributed by atoms with van der Waals surface area (Å²) in [6.07, 6.45) is 0. The van der Waals surface area contributed by atoms with Gasteiger partial charge in [0.1, 0.15) is 5.82 Å². The Hall–Kier alpha value is -3.09. The number of amides is 2. The van der Waals surface area contributed by atoms with Crippen LogP contribution in [-0.2, 0) is 9.59 Å². The van der Waals surface area contributed by atoms with Crippen molar-refractivity contribution in [3.8, 4) is 11.5 Å². The molecule has 0 aliphatic heterocycles. The monoisotopic (exact) mass is 346 g/mol. The van der Waals surface area contributed by atoms with Crippen molar-refractivity contribution in [1.82, 2.24) is 5.32 Å². The van der Waals surface area contributed by atoms with Crippen molar-refractivity contribution in [1.29, 1.82) is 0 Å². The minimum absolute atomic E-state index is 0.334. The maximum absolute atomic E-state index is 12.8. The molecule has 1 atom stereocenters. The molecular weight excluding hydrogens is 327 g/mol. The number of methoxy groups -OCH3 is 2. The zero-order valence-corrected chi connectivity index (χ0v) is 14.1. The molecule has 132 valence electrons. The second-order valence-electron chi connectivity index (χ2n) is 5.27. The van der Waals surface area contributed by atoms with Crippen LogP contribution in [0, 0.1) is 5.82 Å². The SMILES string of the molecule is COc1ccc(C(C)NC(=O)C(=O)Nc2ccc(F)cc2)cc1OC. The van der Waals surface area contributed by atoms with Gasteiger partial charge < -0.3 is 20.1 Å². The molecule has 0 saturated carbocycles. The van der Waals surface area contributed by atoms with Crippen LogP contribution in [0.5, 0.6) is 11.5 Å². The molecule has 1 unspecified atom stereocenters. The standard InChI is InChI=1S/C18H19FN2O4/c1-11(12-4-9-15(24-2)16(10-12)25-3)20-17(22)18(23)21-14-7-5-13(19)6-8-14/h4-11H,1-3H3,(H,20,22)(H,21,23). The van der Waals surface area contributed by atoms with Gasteiger partial charge in [-0.3, -0.25) is 9.59 Å². The molecule has 7 heteroatoms. The fourth-order valence-electron chi connectivity index (χ4n) is 2.19. The Morgan fingerprint density at radius 1 is 0.960 bits per heavy atom. The topological polar surface area (TPSA) is 76.7 Å². The first-order valence-electron chi connectivity index (χ1n) is 7.54. The lowest BCUT2D eigenvalue weighted by Crippen LogP contribution is -2.36. The van der Waals surface area contributed by atoms with Crippen LogP contribution in [0.4, 0.5) is 10.1 Å². The van der Waals surface area contributed by atoms with Crippen LogP contribution in [-0.4, -0.2) is 26.0 Å². The van der Waals surface area contributed by atoms with Crippen LogP contribution in [0.1, 0.15) is 18.5 Å². The van der Waals surface area contributed by atoms with Crippen LogP contribution in [0.2, 0.25) is 0 Å². The molecule has 0 aliphatic rings. The van der Waals surface area contributed by atoms with E-state index in [2.05, 4.69) is 10.6 Å². The summed E-state index contributed by atoms with van der Waals surface area (Å²) in [7, 11) is 3.05. The largest absolute Gasteiger partial charge is 0.493 e. The summed E-state index contributed by atoms with van der Waals surface area (Å²) in [4.78, 5) is 23.9. The van der Waals surface area contributed by atoms with E-state index in [9.17, 15) is 14.0 Å². The minimum Gasteiger partial charge on any atom is -0.493 e. The number of nitrogens with one attached hydrogen (secondary N) is 2. The molecule has 2 rings (SSSR count). The van der Waals surface area contributed by atoms with E-state index in [1.807, 2.05) is 0 Å². The van der Waals surface area contributed by atoms with Crippen LogP contribution >= 0.6 is 0 Å². The van der Waals surface area contributed by atoms with Crippen molar-refractivity contribution in [2.45, 2.75) is 13.0 Å². The normalized spacial score (nSPS) is 11.4. The maximum Gasteiger partial charge on any atom is 0.313 e. The zero-order chi connectivity index (χ0) is 18.4. The summed E-state index contributed by atoms with van der Waals surface area (Å²) in [5, 5.41) is 5.00. The van der Waals surface area contributed by atoms with E-state index in [-0.39, 0.29) is 0 Å².